The first-order valence-corrected chi connectivity index (χ1v) is 5.41. The molecule has 15 heavy (non-hydrogen) atoms. The SMILES string of the molecule is CCNc1ncc(C)c(OC(C)CC)n1. The minimum Gasteiger partial charge on any atom is -0.474 e. The van der Waals surface area contributed by atoms with Crippen LogP contribution in [-0.4, -0.2) is 22.6 Å². The third-order valence-corrected chi connectivity index (χ3v) is 2.15. The molecule has 0 radical (unpaired) electrons. The topological polar surface area (TPSA) is 47.0 Å². The number of anilines is 1. The van der Waals surface area contributed by atoms with Crippen molar-refractivity contribution in [1.29, 1.82) is 0 Å². The largest absolute Gasteiger partial charge is 0.474 e. The highest BCUT2D eigenvalue weighted by Crippen LogP contribution is 2.17. The lowest BCUT2D eigenvalue weighted by Crippen LogP contribution is -2.13. The second kappa shape index (κ2) is 5.53. The van der Waals surface area contributed by atoms with Crippen LogP contribution in [0.4, 0.5) is 5.95 Å². The van der Waals surface area contributed by atoms with Gasteiger partial charge in [-0.15, -0.1) is 0 Å². The van der Waals surface area contributed by atoms with E-state index in [1.165, 1.54) is 0 Å². The summed E-state index contributed by atoms with van der Waals surface area (Å²) >= 11 is 0. The van der Waals surface area contributed by atoms with Crippen LogP contribution in [-0.2, 0) is 0 Å². The Morgan fingerprint density at radius 2 is 2.20 bits per heavy atom. The zero-order chi connectivity index (χ0) is 11.3. The van der Waals surface area contributed by atoms with Gasteiger partial charge >= 0.3 is 0 Å². The third-order valence-electron chi connectivity index (χ3n) is 2.15. The molecule has 1 N–H and O–H groups in total. The van der Waals surface area contributed by atoms with E-state index in [-0.39, 0.29) is 6.10 Å². The standard InChI is InChI=1S/C11H19N3O/c1-5-9(4)15-10-8(3)7-13-11(14-10)12-6-2/h7,9H,5-6H2,1-4H3,(H,12,13,14). The van der Waals surface area contributed by atoms with Gasteiger partial charge in [0.2, 0.25) is 11.8 Å². The highest BCUT2D eigenvalue weighted by molar-refractivity contribution is 5.32. The summed E-state index contributed by atoms with van der Waals surface area (Å²) in [6.07, 6.45) is 2.94. The van der Waals surface area contributed by atoms with Crippen LogP contribution >= 0.6 is 0 Å². The molecule has 1 rings (SSSR count). The first-order valence-electron chi connectivity index (χ1n) is 5.41. The molecule has 1 aromatic heterocycles. The lowest BCUT2D eigenvalue weighted by atomic mass is 10.3. The lowest BCUT2D eigenvalue weighted by molar-refractivity contribution is 0.207. The fourth-order valence-corrected chi connectivity index (χ4v) is 1.06. The number of aryl methyl sites for hydroxylation is 1. The summed E-state index contributed by atoms with van der Waals surface area (Å²) in [6.45, 7) is 8.90. The Balaban J connectivity index is 2.80. The van der Waals surface area contributed by atoms with Crippen molar-refractivity contribution < 1.29 is 4.74 Å². The monoisotopic (exact) mass is 209 g/mol. The Kier molecular flexibility index (Phi) is 4.34. The average molecular weight is 209 g/mol. The number of ether oxygens (including phenoxy) is 1. The van der Waals surface area contributed by atoms with Gasteiger partial charge in [0, 0.05) is 18.3 Å². The first-order chi connectivity index (χ1) is 7.17. The van der Waals surface area contributed by atoms with Crippen LogP contribution < -0.4 is 10.1 Å². The van der Waals surface area contributed by atoms with Gasteiger partial charge in [-0.1, -0.05) is 6.92 Å². The molecule has 0 spiro atoms. The highest BCUT2D eigenvalue weighted by atomic mass is 16.5. The molecule has 1 atom stereocenters. The van der Waals surface area contributed by atoms with E-state index >= 15 is 0 Å². The van der Waals surface area contributed by atoms with E-state index in [0.29, 0.717) is 11.8 Å². The van der Waals surface area contributed by atoms with Gasteiger partial charge in [-0.25, -0.2) is 4.98 Å². The Hall–Kier alpha value is -1.32. The fourth-order valence-electron chi connectivity index (χ4n) is 1.06. The summed E-state index contributed by atoms with van der Waals surface area (Å²) in [4.78, 5) is 8.47. The molecule has 0 amide bonds. The van der Waals surface area contributed by atoms with Crippen LogP contribution in [0.25, 0.3) is 0 Å². The Morgan fingerprint density at radius 3 is 2.80 bits per heavy atom. The molecule has 0 aromatic carbocycles. The zero-order valence-corrected chi connectivity index (χ0v) is 9.87. The number of aromatic nitrogens is 2. The van der Waals surface area contributed by atoms with Gasteiger partial charge in [0.1, 0.15) is 0 Å². The van der Waals surface area contributed by atoms with Crippen molar-refractivity contribution in [2.75, 3.05) is 11.9 Å². The van der Waals surface area contributed by atoms with E-state index in [1.54, 1.807) is 6.20 Å². The van der Waals surface area contributed by atoms with E-state index in [0.717, 1.165) is 18.5 Å². The van der Waals surface area contributed by atoms with E-state index in [1.807, 2.05) is 20.8 Å². The quantitative estimate of drug-likeness (QED) is 0.809. The molecule has 0 saturated heterocycles. The van der Waals surface area contributed by atoms with Crippen molar-refractivity contribution in [3.05, 3.63) is 11.8 Å². The predicted molar refractivity (Wildman–Crippen MR) is 61.3 cm³/mol. The number of nitrogens with zero attached hydrogens (tertiary/aromatic N) is 2. The third kappa shape index (κ3) is 3.38. The van der Waals surface area contributed by atoms with Crippen LogP contribution in [0, 0.1) is 6.92 Å². The first kappa shape index (κ1) is 11.8. The molecule has 0 fully saturated rings. The second-order valence-corrected chi connectivity index (χ2v) is 3.55. The van der Waals surface area contributed by atoms with Gasteiger partial charge in [0.25, 0.3) is 0 Å². The summed E-state index contributed by atoms with van der Waals surface area (Å²) in [5.74, 6) is 1.30. The van der Waals surface area contributed by atoms with Crippen molar-refractivity contribution in [3.8, 4) is 5.88 Å². The molecule has 1 unspecified atom stereocenters. The van der Waals surface area contributed by atoms with Crippen LogP contribution in [0.2, 0.25) is 0 Å². The normalized spacial score (nSPS) is 12.3. The molecular weight excluding hydrogens is 190 g/mol. The highest BCUT2D eigenvalue weighted by Gasteiger charge is 2.07. The molecule has 0 saturated carbocycles. The molecule has 0 aliphatic rings. The molecule has 1 heterocycles. The smallest absolute Gasteiger partial charge is 0.225 e. The number of rotatable bonds is 5. The number of hydrogen-bond acceptors (Lipinski definition) is 4. The van der Waals surface area contributed by atoms with Crippen LogP contribution in [0.15, 0.2) is 6.20 Å². The molecule has 4 heteroatoms. The maximum Gasteiger partial charge on any atom is 0.225 e. The maximum absolute atomic E-state index is 5.69. The van der Waals surface area contributed by atoms with Crippen molar-refractivity contribution in [2.45, 2.75) is 40.2 Å². The van der Waals surface area contributed by atoms with E-state index in [9.17, 15) is 0 Å². The van der Waals surface area contributed by atoms with Gasteiger partial charge in [-0.05, 0) is 27.2 Å². The summed E-state index contributed by atoms with van der Waals surface area (Å²) in [7, 11) is 0. The Labute approximate surface area is 91.1 Å². The van der Waals surface area contributed by atoms with E-state index in [2.05, 4.69) is 22.2 Å². The predicted octanol–water partition coefficient (Wildman–Crippen LogP) is 2.39. The minimum absolute atomic E-state index is 0.188. The molecule has 84 valence electrons. The Bertz CT molecular complexity index is 315. The van der Waals surface area contributed by atoms with Crippen molar-refractivity contribution >= 4 is 5.95 Å². The summed E-state index contributed by atoms with van der Waals surface area (Å²) in [5, 5.41) is 3.06. The van der Waals surface area contributed by atoms with Gasteiger partial charge < -0.3 is 10.1 Å². The van der Waals surface area contributed by atoms with Crippen LogP contribution in [0.3, 0.4) is 0 Å². The molecule has 0 aliphatic carbocycles. The van der Waals surface area contributed by atoms with Crippen LogP contribution in [0.5, 0.6) is 5.88 Å². The Morgan fingerprint density at radius 1 is 1.47 bits per heavy atom. The van der Waals surface area contributed by atoms with Gasteiger partial charge in [0.05, 0.1) is 6.10 Å². The minimum atomic E-state index is 0.188. The average Bonchev–Trinajstić information content (AvgIpc) is 2.23. The number of nitrogens with one attached hydrogen (secondary N) is 1. The van der Waals surface area contributed by atoms with Crippen molar-refractivity contribution in [2.24, 2.45) is 0 Å². The maximum atomic E-state index is 5.69. The second-order valence-electron chi connectivity index (χ2n) is 3.55. The molecule has 4 nitrogen and oxygen atoms in total. The molecule has 0 aliphatic heterocycles. The van der Waals surface area contributed by atoms with Crippen molar-refractivity contribution in [1.82, 2.24) is 9.97 Å². The van der Waals surface area contributed by atoms with Crippen LogP contribution in [0.1, 0.15) is 32.8 Å². The molecular formula is C11H19N3O. The molecule has 0 bridgehead atoms. The van der Waals surface area contributed by atoms with E-state index in [4.69, 9.17) is 4.74 Å². The zero-order valence-electron chi connectivity index (χ0n) is 9.87. The number of hydrogen-bond donors (Lipinski definition) is 1. The fraction of sp³-hybridized carbons (Fsp3) is 0.636. The summed E-state index contributed by atoms with van der Waals surface area (Å²) in [5.41, 5.74) is 0.969. The van der Waals surface area contributed by atoms with Gasteiger partial charge in [-0.2, -0.15) is 4.98 Å². The van der Waals surface area contributed by atoms with E-state index < -0.39 is 0 Å². The summed E-state index contributed by atoms with van der Waals surface area (Å²) in [6, 6.07) is 0. The van der Waals surface area contributed by atoms with Gasteiger partial charge in [-0.3, -0.25) is 0 Å². The lowest BCUT2D eigenvalue weighted by Gasteiger charge is -2.14. The molecule has 1 aromatic rings. The summed E-state index contributed by atoms with van der Waals surface area (Å²) < 4.78 is 5.69. The van der Waals surface area contributed by atoms with Gasteiger partial charge in [0.15, 0.2) is 0 Å². The van der Waals surface area contributed by atoms with Crippen molar-refractivity contribution in [3.63, 3.8) is 0 Å².